The number of hydrogen-bond acceptors (Lipinski definition) is 3. The Kier molecular flexibility index (Phi) is 7.19. The number of hydrogen-bond donors (Lipinski definition) is 1. The zero-order chi connectivity index (χ0) is 14.4. The molecule has 0 spiro atoms. The van der Waals surface area contributed by atoms with E-state index in [-0.39, 0.29) is 22.8 Å². The number of nitrogens with one attached hydrogen (secondary N) is 1. The molecule has 2 rings (SSSR count). The Balaban J connectivity index is 0.00000220. The van der Waals surface area contributed by atoms with Crippen molar-refractivity contribution >= 4 is 17.0 Å². The van der Waals surface area contributed by atoms with Crippen LogP contribution in [0.2, 0.25) is 0 Å². The first-order valence-electron chi connectivity index (χ1n) is 6.39. The summed E-state index contributed by atoms with van der Waals surface area (Å²) in [6.45, 7) is 1.32. The van der Waals surface area contributed by atoms with Crippen LogP contribution in [0.4, 0.5) is 4.39 Å². The van der Waals surface area contributed by atoms with Gasteiger partial charge in [-0.05, 0) is 23.8 Å². The summed E-state index contributed by atoms with van der Waals surface area (Å²) in [5, 5.41) is 3.31. The van der Waals surface area contributed by atoms with Crippen molar-refractivity contribution < 1.29 is 13.9 Å². The summed E-state index contributed by atoms with van der Waals surface area (Å²) in [7, 11) is 3.24. The highest BCUT2D eigenvalue weighted by Crippen LogP contribution is 2.30. The second-order valence-electron chi connectivity index (χ2n) is 4.38. The predicted molar refractivity (Wildman–Crippen MR) is 86.8 cm³/mol. The SMILES string of the molecule is Br.COc1cccc(CNCc2ccc(F)cc2)c1OC. The molecule has 0 saturated carbocycles. The third-order valence-electron chi connectivity index (χ3n) is 3.04. The Morgan fingerprint density at radius 3 is 2.29 bits per heavy atom. The number of methoxy groups -OCH3 is 2. The highest BCUT2D eigenvalue weighted by Gasteiger charge is 2.08. The predicted octanol–water partition coefficient (Wildman–Crippen LogP) is 3.71. The van der Waals surface area contributed by atoms with E-state index in [4.69, 9.17) is 9.47 Å². The molecule has 2 aromatic rings. The average Bonchev–Trinajstić information content (AvgIpc) is 2.49. The van der Waals surface area contributed by atoms with Crippen LogP contribution < -0.4 is 14.8 Å². The van der Waals surface area contributed by atoms with Crippen LogP contribution in [-0.2, 0) is 13.1 Å². The van der Waals surface area contributed by atoms with E-state index < -0.39 is 0 Å². The normalized spacial score (nSPS) is 9.86. The molecule has 21 heavy (non-hydrogen) atoms. The van der Waals surface area contributed by atoms with E-state index in [0.29, 0.717) is 18.8 Å². The minimum absolute atomic E-state index is 0. The standard InChI is InChI=1S/C16H18FNO2.BrH/c1-19-15-5-3-4-13(16(15)20-2)11-18-10-12-6-8-14(17)9-7-12;/h3-9,18H,10-11H2,1-2H3;1H. The summed E-state index contributed by atoms with van der Waals surface area (Å²) in [4.78, 5) is 0. The number of rotatable bonds is 6. The van der Waals surface area contributed by atoms with E-state index in [1.807, 2.05) is 18.2 Å². The molecule has 5 heteroatoms. The average molecular weight is 356 g/mol. The molecule has 0 atom stereocenters. The van der Waals surface area contributed by atoms with Gasteiger partial charge in [0, 0.05) is 18.7 Å². The molecule has 0 aromatic heterocycles. The van der Waals surface area contributed by atoms with Crippen LogP contribution in [0.15, 0.2) is 42.5 Å². The molecule has 0 aliphatic heterocycles. The van der Waals surface area contributed by atoms with Gasteiger partial charge in [-0.15, -0.1) is 17.0 Å². The summed E-state index contributed by atoms with van der Waals surface area (Å²) in [5.74, 6) is 1.23. The van der Waals surface area contributed by atoms with Crippen molar-refractivity contribution in [2.24, 2.45) is 0 Å². The first kappa shape index (κ1) is 17.5. The molecule has 3 nitrogen and oxygen atoms in total. The molecule has 0 radical (unpaired) electrons. The summed E-state index contributed by atoms with van der Waals surface area (Å²) in [5.41, 5.74) is 2.06. The van der Waals surface area contributed by atoms with Crippen LogP contribution in [0.25, 0.3) is 0 Å². The van der Waals surface area contributed by atoms with Gasteiger partial charge in [0.05, 0.1) is 14.2 Å². The van der Waals surface area contributed by atoms with E-state index in [1.54, 1.807) is 26.4 Å². The second-order valence-corrected chi connectivity index (χ2v) is 4.38. The van der Waals surface area contributed by atoms with Crippen molar-refractivity contribution in [1.82, 2.24) is 5.32 Å². The number of para-hydroxylation sites is 1. The monoisotopic (exact) mass is 355 g/mol. The maximum atomic E-state index is 12.8. The topological polar surface area (TPSA) is 30.5 Å². The van der Waals surface area contributed by atoms with Crippen LogP contribution in [0, 0.1) is 5.82 Å². The quantitative estimate of drug-likeness (QED) is 0.856. The Bertz CT molecular complexity index is 561. The highest BCUT2D eigenvalue weighted by molar-refractivity contribution is 8.93. The lowest BCUT2D eigenvalue weighted by Gasteiger charge is -2.13. The van der Waals surface area contributed by atoms with Crippen LogP contribution in [0.5, 0.6) is 11.5 Å². The molecule has 2 aromatic carbocycles. The molecule has 0 heterocycles. The van der Waals surface area contributed by atoms with Crippen molar-refractivity contribution in [2.75, 3.05) is 14.2 Å². The van der Waals surface area contributed by atoms with E-state index in [1.165, 1.54) is 12.1 Å². The van der Waals surface area contributed by atoms with Gasteiger partial charge >= 0.3 is 0 Å². The molecule has 0 aliphatic carbocycles. The zero-order valence-corrected chi connectivity index (χ0v) is 13.8. The van der Waals surface area contributed by atoms with Crippen molar-refractivity contribution in [2.45, 2.75) is 13.1 Å². The van der Waals surface area contributed by atoms with Gasteiger partial charge in [-0.1, -0.05) is 24.3 Å². The molecule has 0 fully saturated rings. The number of halogens is 2. The smallest absolute Gasteiger partial charge is 0.165 e. The molecule has 0 saturated heterocycles. The van der Waals surface area contributed by atoms with Gasteiger partial charge in [-0.25, -0.2) is 4.39 Å². The zero-order valence-electron chi connectivity index (χ0n) is 12.1. The van der Waals surface area contributed by atoms with Gasteiger partial charge < -0.3 is 14.8 Å². The Labute approximate surface area is 134 Å². The fourth-order valence-electron chi connectivity index (χ4n) is 2.04. The third-order valence-corrected chi connectivity index (χ3v) is 3.04. The minimum Gasteiger partial charge on any atom is -0.493 e. The molecule has 0 bridgehead atoms. The van der Waals surface area contributed by atoms with Gasteiger partial charge in [0.1, 0.15) is 5.82 Å². The van der Waals surface area contributed by atoms with Gasteiger partial charge in [-0.2, -0.15) is 0 Å². The molecule has 0 amide bonds. The lowest BCUT2D eigenvalue weighted by atomic mass is 10.1. The Morgan fingerprint density at radius 2 is 1.67 bits per heavy atom. The van der Waals surface area contributed by atoms with Gasteiger partial charge in [0.2, 0.25) is 0 Å². The largest absolute Gasteiger partial charge is 0.493 e. The highest BCUT2D eigenvalue weighted by atomic mass is 79.9. The first-order valence-corrected chi connectivity index (χ1v) is 6.39. The van der Waals surface area contributed by atoms with Crippen LogP contribution >= 0.6 is 17.0 Å². The third kappa shape index (κ3) is 4.72. The van der Waals surface area contributed by atoms with Crippen molar-refractivity contribution in [1.29, 1.82) is 0 Å². The molecular formula is C16H19BrFNO2. The summed E-state index contributed by atoms with van der Waals surface area (Å²) < 4.78 is 23.4. The number of ether oxygens (including phenoxy) is 2. The molecule has 0 aliphatic rings. The fourth-order valence-corrected chi connectivity index (χ4v) is 2.04. The van der Waals surface area contributed by atoms with Crippen molar-refractivity contribution in [3.05, 3.63) is 59.4 Å². The first-order chi connectivity index (χ1) is 9.74. The second kappa shape index (κ2) is 8.64. The summed E-state index contributed by atoms with van der Waals surface area (Å²) in [6, 6.07) is 12.2. The Hall–Kier alpha value is -1.59. The molecule has 0 unspecified atom stereocenters. The van der Waals surface area contributed by atoms with Crippen LogP contribution in [0.3, 0.4) is 0 Å². The fraction of sp³-hybridized carbons (Fsp3) is 0.250. The summed E-state index contributed by atoms with van der Waals surface area (Å²) in [6.07, 6.45) is 0. The van der Waals surface area contributed by atoms with Crippen LogP contribution in [-0.4, -0.2) is 14.2 Å². The Morgan fingerprint density at radius 1 is 0.952 bits per heavy atom. The lowest BCUT2D eigenvalue weighted by Crippen LogP contribution is -2.13. The molecular weight excluding hydrogens is 337 g/mol. The minimum atomic E-state index is -0.219. The maximum Gasteiger partial charge on any atom is 0.165 e. The molecule has 114 valence electrons. The van der Waals surface area contributed by atoms with E-state index in [2.05, 4.69) is 5.32 Å². The van der Waals surface area contributed by atoms with Gasteiger partial charge in [0.15, 0.2) is 11.5 Å². The molecule has 1 N–H and O–H groups in total. The maximum absolute atomic E-state index is 12.8. The van der Waals surface area contributed by atoms with Gasteiger partial charge in [-0.3, -0.25) is 0 Å². The van der Waals surface area contributed by atoms with Crippen molar-refractivity contribution in [3.8, 4) is 11.5 Å². The lowest BCUT2D eigenvalue weighted by molar-refractivity contribution is 0.350. The summed E-state index contributed by atoms with van der Waals surface area (Å²) >= 11 is 0. The van der Waals surface area contributed by atoms with Crippen molar-refractivity contribution in [3.63, 3.8) is 0 Å². The van der Waals surface area contributed by atoms with E-state index in [9.17, 15) is 4.39 Å². The van der Waals surface area contributed by atoms with Crippen LogP contribution in [0.1, 0.15) is 11.1 Å². The van der Waals surface area contributed by atoms with E-state index in [0.717, 1.165) is 16.9 Å². The van der Waals surface area contributed by atoms with E-state index >= 15 is 0 Å². The van der Waals surface area contributed by atoms with Gasteiger partial charge in [0.25, 0.3) is 0 Å². The number of benzene rings is 2.